The number of carbonyl (C=O) groups excluding carboxylic acids is 1. The molecule has 1 heteroatoms. The van der Waals surface area contributed by atoms with Gasteiger partial charge in [-0.05, 0) is 62.2 Å². The van der Waals surface area contributed by atoms with Crippen molar-refractivity contribution in [2.24, 2.45) is 11.3 Å². The lowest BCUT2D eigenvalue weighted by atomic mass is 9.66. The van der Waals surface area contributed by atoms with Crippen molar-refractivity contribution in [3.63, 3.8) is 0 Å². The highest BCUT2D eigenvalue weighted by Crippen LogP contribution is 2.44. The minimum absolute atomic E-state index is 0.248. The standard InChI is InChI=1S/C21H30O/c1-16(8-7-9-17(2)14-15-22)10-13-20-18(3)11-12-19(4)21(20,5)6/h7-10,13-15,19H,11-12H2,1-6H3/b9-7+,13-10+,16-8+,17-14+. The molecule has 1 unspecified atom stereocenters. The van der Waals surface area contributed by atoms with Crippen LogP contribution in [-0.2, 0) is 4.79 Å². The molecule has 0 radical (unpaired) electrons. The molecule has 0 bridgehead atoms. The number of allylic oxidation sites excluding steroid dienone is 10. The Labute approximate surface area is 136 Å². The Balaban J connectivity index is 2.86. The Morgan fingerprint density at radius 2 is 1.77 bits per heavy atom. The van der Waals surface area contributed by atoms with Gasteiger partial charge in [0.1, 0.15) is 6.29 Å². The molecule has 0 fully saturated rings. The molecule has 1 aliphatic carbocycles. The van der Waals surface area contributed by atoms with Crippen molar-refractivity contribution < 1.29 is 4.79 Å². The highest BCUT2D eigenvalue weighted by molar-refractivity contribution is 5.66. The van der Waals surface area contributed by atoms with Gasteiger partial charge in [-0.2, -0.15) is 0 Å². The van der Waals surface area contributed by atoms with Gasteiger partial charge in [0.2, 0.25) is 0 Å². The van der Waals surface area contributed by atoms with Crippen LogP contribution in [0.25, 0.3) is 0 Å². The molecule has 1 rings (SSSR count). The number of hydrogen-bond donors (Lipinski definition) is 0. The molecule has 0 saturated heterocycles. The Bertz CT molecular complexity index is 550. The van der Waals surface area contributed by atoms with E-state index in [-0.39, 0.29) is 5.41 Å². The van der Waals surface area contributed by atoms with Crippen LogP contribution in [0.1, 0.15) is 54.4 Å². The van der Waals surface area contributed by atoms with Gasteiger partial charge in [-0.15, -0.1) is 0 Å². The van der Waals surface area contributed by atoms with E-state index in [1.165, 1.54) is 29.6 Å². The fourth-order valence-corrected chi connectivity index (χ4v) is 2.89. The van der Waals surface area contributed by atoms with Crippen LogP contribution >= 0.6 is 0 Å². The van der Waals surface area contributed by atoms with E-state index in [9.17, 15) is 4.79 Å². The Hall–Kier alpha value is -1.63. The van der Waals surface area contributed by atoms with Crippen molar-refractivity contribution in [1.29, 1.82) is 0 Å². The van der Waals surface area contributed by atoms with Crippen LogP contribution in [-0.4, -0.2) is 6.29 Å². The van der Waals surface area contributed by atoms with E-state index in [1.54, 1.807) is 6.08 Å². The molecule has 0 spiro atoms. The second-order valence-electron chi connectivity index (χ2n) is 7.01. The Morgan fingerprint density at radius 3 is 2.41 bits per heavy atom. The summed E-state index contributed by atoms with van der Waals surface area (Å²) >= 11 is 0. The number of hydrogen-bond acceptors (Lipinski definition) is 1. The van der Waals surface area contributed by atoms with Gasteiger partial charge < -0.3 is 0 Å². The fourth-order valence-electron chi connectivity index (χ4n) is 2.89. The highest BCUT2D eigenvalue weighted by Gasteiger charge is 2.32. The average Bonchev–Trinajstić information content (AvgIpc) is 2.43. The second kappa shape index (κ2) is 8.12. The van der Waals surface area contributed by atoms with Crippen LogP contribution in [0.4, 0.5) is 0 Å². The Kier molecular flexibility index (Phi) is 6.80. The number of aldehydes is 1. The normalized spacial score (nSPS) is 23.6. The zero-order chi connectivity index (χ0) is 16.8. The highest BCUT2D eigenvalue weighted by atomic mass is 16.1. The van der Waals surface area contributed by atoms with Crippen molar-refractivity contribution in [3.8, 4) is 0 Å². The molecule has 0 aromatic rings. The molecule has 0 heterocycles. The van der Waals surface area contributed by atoms with Gasteiger partial charge in [0.15, 0.2) is 0 Å². The maximum absolute atomic E-state index is 10.4. The van der Waals surface area contributed by atoms with Crippen LogP contribution in [0, 0.1) is 11.3 Å². The number of carbonyl (C=O) groups is 1. The summed E-state index contributed by atoms with van der Waals surface area (Å²) in [5, 5.41) is 0. The predicted molar refractivity (Wildman–Crippen MR) is 96.7 cm³/mol. The van der Waals surface area contributed by atoms with Crippen LogP contribution in [0.2, 0.25) is 0 Å². The first-order chi connectivity index (χ1) is 10.3. The summed E-state index contributed by atoms with van der Waals surface area (Å²) in [5.41, 5.74) is 5.43. The lowest BCUT2D eigenvalue weighted by Crippen LogP contribution is -2.28. The molecule has 1 aliphatic rings. The first-order valence-electron chi connectivity index (χ1n) is 8.14. The van der Waals surface area contributed by atoms with Crippen molar-refractivity contribution >= 4 is 6.29 Å². The van der Waals surface area contributed by atoms with E-state index in [0.29, 0.717) is 0 Å². The molecule has 0 N–H and O–H groups in total. The first-order valence-corrected chi connectivity index (χ1v) is 8.14. The van der Waals surface area contributed by atoms with Gasteiger partial charge in [0, 0.05) is 0 Å². The minimum atomic E-state index is 0.248. The summed E-state index contributed by atoms with van der Waals surface area (Å²) in [6, 6.07) is 0. The SMILES string of the molecule is CC1=C(/C=C/C(C)=C/C=C/C(C)=C/C=O)C(C)(C)C(C)CC1. The molecule has 1 nitrogen and oxygen atoms in total. The van der Waals surface area contributed by atoms with Gasteiger partial charge in [0.05, 0.1) is 0 Å². The molecular weight excluding hydrogens is 268 g/mol. The third-order valence-corrected chi connectivity index (χ3v) is 4.90. The average molecular weight is 298 g/mol. The van der Waals surface area contributed by atoms with Gasteiger partial charge in [-0.3, -0.25) is 4.79 Å². The van der Waals surface area contributed by atoms with Crippen molar-refractivity contribution in [1.82, 2.24) is 0 Å². The maximum atomic E-state index is 10.4. The first kappa shape index (κ1) is 18.4. The molecule has 22 heavy (non-hydrogen) atoms. The molecule has 0 aliphatic heterocycles. The smallest absolute Gasteiger partial charge is 0.143 e. The van der Waals surface area contributed by atoms with E-state index >= 15 is 0 Å². The van der Waals surface area contributed by atoms with Gasteiger partial charge in [-0.25, -0.2) is 0 Å². The van der Waals surface area contributed by atoms with Crippen LogP contribution < -0.4 is 0 Å². The summed E-state index contributed by atoms with van der Waals surface area (Å²) in [7, 11) is 0. The lowest BCUT2D eigenvalue weighted by molar-refractivity contribution is -0.104. The molecule has 0 amide bonds. The third kappa shape index (κ3) is 4.98. The zero-order valence-electron chi connectivity index (χ0n) is 14.9. The quantitative estimate of drug-likeness (QED) is 0.347. The summed E-state index contributed by atoms with van der Waals surface area (Å²) in [6.07, 6.45) is 15.4. The molecule has 120 valence electrons. The fraction of sp³-hybridized carbons (Fsp3) is 0.476. The second-order valence-corrected chi connectivity index (χ2v) is 7.01. The molecular formula is C21H30O. The van der Waals surface area contributed by atoms with Crippen molar-refractivity contribution in [2.75, 3.05) is 0 Å². The van der Waals surface area contributed by atoms with Crippen LogP contribution in [0.3, 0.4) is 0 Å². The van der Waals surface area contributed by atoms with Gasteiger partial charge in [0.25, 0.3) is 0 Å². The van der Waals surface area contributed by atoms with E-state index in [0.717, 1.165) is 17.8 Å². The lowest BCUT2D eigenvalue weighted by Gasteiger charge is -2.39. The van der Waals surface area contributed by atoms with E-state index < -0.39 is 0 Å². The summed E-state index contributed by atoms with van der Waals surface area (Å²) < 4.78 is 0. The van der Waals surface area contributed by atoms with Crippen LogP contribution in [0.5, 0.6) is 0 Å². The summed E-state index contributed by atoms with van der Waals surface area (Å²) in [6.45, 7) is 13.4. The van der Waals surface area contributed by atoms with Crippen LogP contribution in [0.15, 0.2) is 58.7 Å². The van der Waals surface area contributed by atoms with Gasteiger partial charge >= 0.3 is 0 Å². The predicted octanol–water partition coefficient (Wildman–Crippen LogP) is 5.96. The number of rotatable bonds is 5. The summed E-state index contributed by atoms with van der Waals surface area (Å²) in [4.78, 5) is 10.4. The van der Waals surface area contributed by atoms with E-state index in [1.807, 2.05) is 19.1 Å². The largest absolute Gasteiger partial charge is 0.299 e. The summed E-state index contributed by atoms with van der Waals surface area (Å²) in [5.74, 6) is 0.719. The molecule has 0 aromatic heterocycles. The van der Waals surface area contributed by atoms with Gasteiger partial charge in [-0.1, -0.05) is 62.3 Å². The minimum Gasteiger partial charge on any atom is -0.299 e. The molecule has 0 saturated carbocycles. The zero-order valence-corrected chi connectivity index (χ0v) is 14.9. The third-order valence-electron chi connectivity index (χ3n) is 4.90. The molecule has 0 aromatic carbocycles. The van der Waals surface area contributed by atoms with E-state index in [4.69, 9.17) is 0 Å². The molecule has 1 atom stereocenters. The topological polar surface area (TPSA) is 17.1 Å². The van der Waals surface area contributed by atoms with Crippen molar-refractivity contribution in [3.05, 3.63) is 58.7 Å². The van der Waals surface area contributed by atoms with Crippen molar-refractivity contribution in [2.45, 2.75) is 54.4 Å². The van der Waals surface area contributed by atoms with E-state index in [2.05, 4.69) is 52.8 Å². The Morgan fingerprint density at radius 1 is 1.14 bits per heavy atom. The monoisotopic (exact) mass is 298 g/mol. The maximum Gasteiger partial charge on any atom is 0.143 e.